The maximum atomic E-state index is 13.8. The number of hydrogen-bond acceptors (Lipinski definition) is 2. The number of benzene rings is 1. The predicted octanol–water partition coefficient (Wildman–Crippen LogP) is 4.38. The molecule has 2 aliphatic rings. The predicted molar refractivity (Wildman–Crippen MR) is 94.3 cm³/mol. The average Bonchev–Trinajstić information content (AvgIpc) is 3.15. The number of hydrogen-bond donors (Lipinski definition) is 1. The summed E-state index contributed by atoms with van der Waals surface area (Å²) in [5.74, 6) is -1.04. The third-order valence-corrected chi connectivity index (χ3v) is 5.08. The molecule has 1 aliphatic heterocycles. The van der Waals surface area contributed by atoms with E-state index in [-0.39, 0.29) is 29.9 Å². The highest BCUT2D eigenvalue weighted by molar-refractivity contribution is 6.00. The minimum atomic E-state index is -4.63. The molecule has 1 unspecified atom stereocenters. The van der Waals surface area contributed by atoms with E-state index in [2.05, 4.69) is 5.32 Å². The van der Waals surface area contributed by atoms with E-state index in [4.69, 9.17) is 4.74 Å². The second kappa shape index (κ2) is 7.24. The van der Waals surface area contributed by atoms with Gasteiger partial charge in [-0.25, -0.2) is 4.39 Å². The molecule has 1 aliphatic carbocycles. The normalized spacial score (nSPS) is 19.8. The Labute approximate surface area is 159 Å². The lowest BCUT2D eigenvalue weighted by Gasteiger charge is -2.19. The van der Waals surface area contributed by atoms with Gasteiger partial charge in [0, 0.05) is 24.8 Å². The van der Waals surface area contributed by atoms with Crippen molar-refractivity contribution >= 4 is 5.91 Å². The summed E-state index contributed by atoms with van der Waals surface area (Å²) in [5, 5.41) is 2.78. The average molecular weight is 396 g/mol. The largest absolute Gasteiger partial charge is 0.431 e. The Kier molecular flexibility index (Phi) is 4.91. The fourth-order valence-electron chi connectivity index (χ4n) is 3.54. The molecular formula is C20H20F4N2O2. The van der Waals surface area contributed by atoms with Gasteiger partial charge in [0.15, 0.2) is 0 Å². The molecule has 1 saturated carbocycles. The van der Waals surface area contributed by atoms with Crippen molar-refractivity contribution in [1.29, 1.82) is 0 Å². The summed E-state index contributed by atoms with van der Waals surface area (Å²) in [4.78, 5) is 12.9. The Bertz CT molecular complexity index is 864. The van der Waals surface area contributed by atoms with Crippen LogP contribution < -0.4 is 5.32 Å². The van der Waals surface area contributed by atoms with Crippen molar-refractivity contribution in [2.75, 3.05) is 6.61 Å². The lowest BCUT2D eigenvalue weighted by molar-refractivity contribution is -0.144. The van der Waals surface area contributed by atoms with E-state index < -0.39 is 23.6 Å². The molecular weight excluding hydrogens is 376 g/mol. The Morgan fingerprint density at radius 1 is 1.18 bits per heavy atom. The van der Waals surface area contributed by atoms with Crippen LogP contribution in [0.25, 0.3) is 11.1 Å². The lowest BCUT2D eigenvalue weighted by Crippen LogP contribution is -2.31. The van der Waals surface area contributed by atoms with Crippen molar-refractivity contribution in [2.45, 2.75) is 50.6 Å². The van der Waals surface area contributed by atoms with E-state index in [0.717, 1.165) is 29.9 Å². The quantitative estimate of drug-likeness (QED) is 0.762. The van der Waals surface area contributed by atoms with E-state index in [1.165, 1.54) is 24.3 Å². The maximum Gasteiger partial charge on any atom is 0.431 e. The number of carbonyl (C=O) groups excluding carboxylic acids is 1. The van der Waals surface area contributed by atoms with Crippen LogP contribution in [0.5, 0.6) is 0 Å². The summed E-state index contributed by atoms with van der Waals surface area (Å²) in [6.07, 6.45) is -1.95. The smallest absolute Gasteiger partial charge is 0.376 e. The molecule has 28 heavy (non-hydrogen) atoms. The first-order chi connectivity index (χ1) is 13.3. The van der Waals surface area contributed by atoms with Gasteiger partial charge in [0.25, 0.3) is 5.91 Å². The van der Waals surface area contributed by atoms with Crippen molar-refractivity contribution in [3.05, 3.63) is 47.5 Å². The Hall–Kier alpha value is -2.35. The minimum Gasteiger partial charge on any atom is -0.376 e. The van der Waals surface area contributed by atoms with Gasteiger partial charge in [0.2, 0.25) is 0 Å². The monoisotopic (exact) mass is 396 g/mol. The number of carbonyl (C=O) groups is 1. The highest BCUT2D eigenvalue weighted by atomic mass is 19.4. The van der Waals surface area contributed by atoms with Crippen LogP contribution >= 0.6 is 0 Å². The molecule has 2 aromatic rings. The van der Waals surface area contributed by atoms with Crippen LogP contribution in [0.3, 0.4) is 0 Å². The molecule has 4 rings (SSSR count). The van der Waals surface area contributed by atoms with E-state index in [1.807, 2.05) is 0 Å². The molecule has 2 heterocycles. The summed E-state index contributed by atoms with van der Waals surface area (Å²) >= 11 is 0. The summed E-state index contributed by atoms with van der Waals surface area (Å²) in [7, 11) is 0. The van der Waals surface area contributed by atoms with Crippen LogP contribution in [-0.2, 0) is 17.5 Å². The third kappa shape index (κ3) is 3.92. The van der Waals surface area contributed by atoms with Gasteiger partial charge in [-0.15, -0.1) is 0 Å². The third-order valence-electron chi connectivity index (χ3n) is 5.08. The molecule has 4 nitrogen and oxygen atoms in total. The molecule has 1 saturated heterocycles. The van der Waals surface area contributed by atoms with Gasteiger partial charge in [0.1, 0.15) is 17.2 Å². The molecule has 1 aromatic heterocycles. The van der Waals surface area contributed by atoms with Crippen LogP contribution in [0.2, 0.25) is 0 Å². The summed E-state index contributed by atoms with van der Waals surface area (Å²) in [5.41, 5.74) is -0.452. The lowest BCUT2D eigenvalue weighted by atomic mass is 10.1. The van der Waals surface area contributed by atoms with Crippen LogP contribution in [-0.4, -0.2) is 29.2 Å². The Morgan fingerprint density at radius 2 is 1.89 bits per heavy atom. The molecule has 2 fully saturated rings. The molecule has 1 N–H and O–H groups in total. The maximum absolute atomic E-state index is 13.8. The molecule has 0 bridgehead atoms. The number of ether oxygens (including phenoxy) is 1. The zero-order chi connectivity index (χ0) is 19.9. The SMILES string of the molecule is O=C(NC1CC1)c1c(-c2ccc(F)cc2)cc(C(F)(F)F)n1CC1CCCO1. The van der Waals surface area contributed by atoms with Gasteiger partial charge < -0.3 is 14.6 Å². The number of aromatic nitrogens is 1. The number of nitrogens with one attached hydrogen (secondary N) is 1. The van der Waals surface area contributed by atoms with E-state index in [9.17, 15) is 22.4 Å². The second-order valence-electron chi connectivity index (χ2n) is 7.29. The number of nitrogens with zero attached hydrogens (tertiary/aromatic N) is 1. The topological polar surface area (TPSA) is 43.3 Å². The van der Waals surface area contributed by atoms with E-state index in [0.29, 0.717) is 18.6 Å². The number of halogens is 4. The molecule has 0 radical (unpaired) electrons. The molecule has 0 spiro atoms. The van der Waals surface area contributed by atoms with Gasteiger partial charge in [-0.3, -0.25) is 4.79 Å². The summed E-state index contributed by atoms with van der Waals surface area (Å²) < 4.78 is 61.2. The minimum absolute atomic E-state index is 0.00557. The van der Waals surface area contributed by atoms with Crippen molar-refractivity contribution in [3.63, 3.8) is 0 Å². The first kappa shape index (κ1) is 19.0. The van der Waals surface area contributed by atoms with Crippen molar-refractivity contribution in [1.82, 2.24) is 9.88 Å². The van der Waals surface area contributed by atoms with Crippen molar-refractivity contribution < 1.29 is 27.1 Å². The molecule has 150 valence electrons. The number of amides is 1. The summed E-state index contributed by atoms with van der Waals surface area (Å²) in [6, 6.07) is 6.08. The zero-order valence-corrected chi connectivity index (χ0v) is 15.1. The van der Waals surface area contributed by atoms with Gasteiger partial charge in [0.05, 0.1) is 6.10 Å². The molecule has 8 heteroatoms. The standard InChI is InChI=1S/C20H20F4N2O2/c21-13-5-3-12(4-6-13)16-10-17(20(22,23)24)26(11-15-2-1-9-28-15)18(16)19(27)25-14-7-8-14/h3-6,10,14-15H,1-2,7-9,11H2,(H,25,27). The van der Waals surface area contributed by atoms with Gasteiger partial charge in [-0.2, -0.15) is 13.2 Å². The fourth-order valence-corrected chi connectivity index (χ4v) is 3.54. The van der Waals surface area contributed by atoms with Crippen LogP contribution in [0.4, 0.5) is 17.6 Å². The Balaban J connectivity index is 1.84. The van der Waals surface area contributed by atoms with Crippen LogP contribution in [0, 0.1) is 5.82 Å². The van der Waals surface area contributed by atoms with E-state index >= 15 is 0 Å². The Morgan fingerprint density at radius 3 is 2.46 bits per heavy atom. The van der Waals surface area contributed by atoms with Crippen LogP contribution in [0.1, 0.15) is 41.9 Å². The first-order valence-corrected chi connectivity index (χ1v) is 9.32. The van der Waals surface area contributed by atoms with Gasteiger partial charge >= 0.3 is 6.18 Å². The van der Waals surface area contributed by atoms with Gasteiger partial charge in [-0.1, -0.05) is 12.1 Å². The highest BCUT2D eigenvalue weighted by Crippen LogP contribution is 2.38. The molecule has 1 atom stereocenters. The number of rotatable bonds is 5. The summed E-state index contributed by atoms with van der Waals surface area (Å²) in [6.45, 7) is 0.450. The van der Waals surface area contributed by atoms with Crippen molar-refractivity contribution in [3.8, 4) is 11.1 Å². The molecule has 1 aromatic carbocycles. The number of alkyl halides is 3. The fraction of sp³-hybridized carbons (Fsp3) is 0.450. The van der Waals surface area contributed by atoms with Crippen molar-refractivity contribution in [2.24, 2.45) is 0 Å². The van der Waals surface area contributed by atoms with E-state index in [1.54, 1.807) is 0 Å². The van der Waals surface area contributed by atoms with Gasteiger partial charge in [-0.05, 0) is 49.4 Å². The highest BCUT2D eigenvalue weighted by Gasteiger charge is 2.39. The zero-order valence-electron chi connectivity index (χ0n) is 15.1. The van der Waals surface area contributed by atoms with Crippen LogP contribution in [0.15, 0.2) is 30.3 Å². The second-order valence-corrected chi connectivity index (χ2v) is 7.29. The molecule has 1 amide bonds. The first-order valence-electron chi connectivity index (χ1n) is 9.32.